The van der Waals surface area contributed by atoms with Gasteiger partial charge in [0.15, 0.2) is 0 Å². The predicted octanol–water partition coefficient (Wildman–Crippen LogP) is 2.57. The van der Waals surface area contributed by atoms with E-state index in [1.807, 2.05) is 25.6 Å². The molecule has 1 aromatic carbocycles. The van der Waals surface area contributed by atoms with Crippen LogP contribution < -0.4 is 11.1 Å². The molecule has 18 heavy (non-hydrogen) atoms. The summed E-state index contributed by atoms with van der Waals surface area (Å²) in [7, 11) is 0. The second-order valence-electron chi connectivity index (χ2n) is 4.37. The van der Waals surface area contributed by atoms with E-state index in [0.717, 1.165) is 11.3 Å². The van der Waals surface area contributed by atoms with Gasteiger partial charge in [-0.3, -0.25) is 4.79 Å². The lowest BCUT2D eigenvalue weighted by Crippen LogP contribution is -2.34. The fourth-order valence-corrected chi connectivity index (χ4v) is 2.23. The Morgan fingerprint density at radius 3 is 2.44 bits per heavy atom. The summed E-state index contributed by atoms with van der Waals surface area (Å²) in [5.74, 6) is 0.944. The van der Waals surface area contributed by atoms with E-state index in [1.165, 1.54) is 4.90 Å². The number of benzene rings is 1. The zero-order valence-electron chi connectivity index (χ0n) is 11.3. The van der Waals surface area contributed by atoms with Crippen molar-refractivity contribution in [1.82, 2.24) is 5.32 Å². The molecule has 0 saturated carbocycles. The standard InChI is InChI=1S/C14H22N2OS/c1-4-18-13-7-5-12(6-8-13)11(3)16-14(17)10(2)9-15/h5-8,10-11H,4,9,15H2,1-3H3,(H,16,17). The predicted molar refractivity (Wildman–Crippen MR) is 77.6 cm³/mol. The third kappa shape index (κ3) is 4.35. The number of nitrogens with two attached hydrogens (primary N) is 1. The zero-order valence-corrected chi connectivity index (χ0v) is 12.1. The minimum absolute atomic E-state index is 0.0111. The Labute approximate surface area is 114 Å². The fraction of sp³-hybridized carbons (Fsp3) is 0.500. The number of carbonyl (C=O) groups excluding carboxylic acids is 1. The van der Waals surface area contributed by atoms with E-state index in [0.29, 0.717) is 6.54 Å². The summed E-state index contributed by atoms with van der Waals surface area (Å²) in [6.07, 6.45) is 0. The highest BCUT2D eigenvalue weighted by molar-refractivity contribution is 7.99. The minimum atomic E-state index is -0.137. The van der Waals surface area contributed by atoms with Crippen molar-refractivity contribution in [3.63, 3.8) is 0 Å². The quantitative estimate of drug-likeness (QED) is 0.778. The maximum atomic E-state index is 11.7. The molecule has 0 aromatic heterocycles. The van der Waals surface area contributed by atoms with Crippen LogP contribution in [0.25, 0.3) is 0 Å². The van der Waals surface area contributed by atoms with Crippen LogP contribution in [0.4, 0.5) is 0 Å². The molecule has 0 bridgehead atoms. The highest BCUT2D eigenvalue weighted by atomic mass is 32.2. The van der Waals surface area contributed by atoms with Gasteiger partial charge in [0.05, 0.1) is 6.04 Å². The van der Waals surface area contributed by atoms with E-state index in [9.17, 15) is 4.79 Å². The average molecular weight is 266 g/mol. The van der Waals surface area contributed by atoms with Gasteiger partial charge in [-0.2, -0.15) is 0 Å². The molecule has 0 aliphatic heterocycles. The van der Waals surface area contributed by atoms with E-state index in [2.05, 4.69) is 36.5 Å². The smallest absolute Gasteiger partial charge is 0.224 e. The molecule has 2 atom stereocenters. The summed E-state index contributed by atoms with van der Waals surface area (Å²) in [5.41, 5.74) is 6.60. The van der Waals surface area contributed by atoms with Crippen LogP contribution in [0.1, 0.15) is 32.4 Å². The maximum Gasteiger partial charge on any atom is 0.224 e. The van der Waals surface area contributed by atoms with E-state index < -0.39 is 0 Å². The SMILES string of the molecule is CCSc1ccc(C(C)NC(=O)C(C)CN)cc1. The second-order valence-corrected chi connectivity index (χ2v) is 5.71. The molecule has 0 radical (unpaired) electrons. The molecule has 0 heterocycles. The maximum absolute atomic E-state index is 11.7. The Bertz CT molecular complexity index is 378. The van der Waals surface area contributed by atoms with Gasteiger partial charge in [0.1, 0.15) is 0 Å². The number of amides is 1. The van der Waals surface area contributed by atoms with Crippen LogP contribution >= 0.6 is 11.8 Å². The summed E-state index contributed by atoms with van der Waals surface area (Å²) in [6.45, 7) is 6.34. The molecular weight excluding hydrogens is 244 g/mol. The molecule has 0 aliphatic rings. The first-order valence-corrected chi connectivity index (χ1v) is 7.30. The average Bonchev–Trinajstić information content (AvgIpc) is 2.38. The summed E-state index contributed by atoms with van der Waals surface area (Å²) in [4.78, 5) is 13.0. The molecule has 0 spiro atoms. The van der Waals surface area contributed by atoms with Crippen molar-refractivity contribution < 1.29 is 4.79 Å². The number of hydrogen-bond donors (Lipinski definition) is 2. The Hall–Kier alpha value is -1.00. The van der Waals surface area contributed by atoms with Crippen molar-refractivity contribution in [2.75, 3.05) is 12.3 Å². The topological polar surface area (TPSA) is 55.1 Å². The van der Waals surface area contributed by atoms with E-state index in [4.69, 9.17) is 5.73 Å². The van der Waals surface area contributed by atoms with Crippen molar-refractivity contribution >= 4 is 17.7 Å². The Balaban J connectivity index is 2.61. The molecule has 1 amide bonds. The molecule has 4 heteroatoms. The van der Waals surface area contributed by atoms with Crippen molar-refractivity contribution in [1.29, 1.82) is 0 Å². The number of nitrogens with one attached hydrogen (secondary N) is 1. The van der Waals surface area contributed by atoms with Crippen LogP contribution in [0, 0.1) is 5.92 Å². The molecule has 3 nitrogen and oxygen atoms in total. The van der Waals surface area contributed by atoms with Crippen LogP contribution in [0.15, 0.2) is 29.2 Å². The lowest BCUT2D eigenvalue weighted by Gasteiger charge is -2.17. The summed E-state index contributed by atoms with van der Waals surface area (Å²) in [5, 5.41) is 2.97. The van der Waals surface area contributed by atoms with Gasteiger partial charge in [0, 0.05) is 17.4 Å². The van der Waals surface area contributed by atoms with Crippen LogP contribution in [0.3, 0.4) is 0 Å². The molecular formula is C14H22N2OS. The minimum Gasteiger partial charge on any atom is -0.349 e. The second kappa shape index (κ2) is 7.44. The van der Waals surface area contributed by atoms with Crippen molar-refractivity contribution in [2.24, 2.45) is 11.7 Å². The van der Waals surface area contributed by atoms with E-state index >= 15 is 0 Å². The molecule has 0 saturated heterocycles. The molecule has 3 N–H and O–H groups in total. The van der Waals surface area contributed by atoms with Crippen molar-refractivity contribution in [3.8, 4) is 0 Å². The van der Waals surface area contributed by atoms with Crippen LogP contribution in [-0.2, 0) is 4.79 Å². The van der Waals surface area contributed by atoms with Gasteiger partial charge >= 0.3 is 0 Å². The van der Waals surface area contributed by atoms with Crippen LogP contribution in [-0.4, -0.2) is 18.2 Å². The van der Waals surface area contributed by atoms with Crippen molar-refractivity contribution in [2.45, 2.75) is 31.7 Å². The van der Waals surface area contributed by atoms with E-state index in [-0.39, 0.29) is 17.9 Å². The van der Waals surface area contributed by atoms with Gasteiger partial charge < -0.3 is 11.1 Å². The molecule has 1 aromatic rings. The van der Waals surface area contributed by atoms with E-state index in [1.54, 1.807) is 0 Å². The first-order chi connectivity index (χ1) is 8.58. The number of carbonyl (C=O) groups is 1. The highest BCUT2D eigenvalue weighted by Gasteiger charge is 2.14. The van der Waals surface area contributed by atoms with Gasteiger partial charge in [-0.1, -0.05) is 26.0 Å². The molecule has 2 unspecified atom stereocenters. The monoisotopic (exact) mass is 266 g/mol. The molecule has 1 rings (SSSR count). The largest absolute Gasteiger partial charge is 0.349 e. The number of rotatable bonds is 6. The van der Waals surface area contributed by atoms with Gasteiger partial charge in [0.25, 0.3) is 0 Å². The van der Waals surface area contributed by atoms with Crippen LogP contribution in [0.5, 0.6) is 0 Å². The van der Waals surface area contributed by atoms with Gasteiger partial charge in [-0.05, 0) is 30.4 Å². The summed E-state index contributed by atoms with van der Waals surface area (Å²) < 4.78 is 0. The fourth-order valence-electron chi connectivity index (χ4n) is 1.57. The molecule has 100 valence electrons. The Morgan fingerprint density at radius 1 is 1.33 bits per heavy atom. The van der Waals surface area contributed by atoms with Crippen molar-refractivity contribution in [3.05, 3.63) is 29.8 Å². The lowest BCUT2D eigenvalue weighted by molar-refractivity contribution is -0.124. The Morgan fingerprint density at radius 2 is 1.94 bits per heavy atom. The number of hydrogen-bond acceptors (Lipinski definition) is 3. The first-order valence-electron chi connectivity index (χ1n) is 6.31. The normalized spacial score (nSPS) is 14.0. The lowest BCUT2D eigenvalue weighted by atomic mass is 10.1. The van der Waals surface area contributed by atoms with Gasteiger partial charge in [-0.15, -0.1) is 11.8 Å². The van der Waals surface area contributed by atoms with Crippen LogP contribution in [0.2, 0.25) is 0 Å². The highest BCUT2D eigenvalue weighted by Crippen LogP contribution is 2.20. The van der Waals surface area contributed by atoms with Gasteiger partial charge in [-0.25, -0.2) is 0 Å². The van der Waals surface area contributed by atoms with Gasteiger partial charge in [0.2, 0.25) is 5.91 Å². The molecule has 0 aliphatic carbocycles. The third-order valence-electron chi connectivity index (χ3n) is 2.85. The third-order valence-corrected chi connectivity index (χ3v) is 3.75. The zero-order chi connectivity index (χ0) is 13.5. The summed E-state index contributed by atoms with van der Waals surface area (Å²) in [6, 6.07) is 8.34. The summed E-state index contributed by atoms with van der Waals surface area (Å²) >= 11 is 1.81. The molecule has 0 fully saturated rings. The Kier molecular flexibility index (Phi) is 6.22. The first kappa shape index (κ1) is 15.1. The number of thioether (sulfide) groups is 1.